The first-order chi connectivity index (χ1) is 23.2. The van der Waals surface area contributed by atoms with Gasteiger partial charge in [-0.05, 0) is 117 Å². The fourth-order valence-electron chi connectivity index (χ4n) is 12.7. The van der Waals surface area contributed by atoms with Gasteiger partial charge in [-0.15, -0.1) is 0 Å². The van der Waals surface area contributed by atoms with Crippen molar-refractivity contribution < 1.29 is 39.5 Å². The molecule has 0 radical (unpaired) electrons. The van der Waals surface area contributed by atoms with Crippen LogP contribution in [0, 0.1) is 62.1 Å². The molecule has 4 unspecified atom stereocenters. The summed E-state index contributed by atoms with van der Waals surface area (Å²) in [6.45, 7) is 20.8. The van der Waals surface area contributed by atoms with E-state index in [-0.39, 0.29) is 71.0 Å². The van der Waals surface area contributed by atoms with Crippen molar-refractivity contribution in [3.8, 4) is 0 Å². The Morgan fingerprint density at radius 3 is 2.12 bits per heavy atom. The average molecular weight is 701 g/mol. The fourth-order valence-corrected chi connectivity index (χ4v) is 12.7. The normalized spacial score (nSPS) is 46.9. The number of hydrogen-bond donors (Lipinski definition) is 4. The molecule has 0 spiro atoms. The molecule has 50 heavy (non-hydrogen) atoms. The van der Waals surface area contributed by atoms with Crippen molar-refractivity contribution in [3.05, 3.63) is 23.8 Å². The maximum Gasteiger partial charge on any atom is 0.333 e. The molecule has 0 aromatic heterocycles. The van der Waals surface area contributed by atoms with Gasteiger partial charge in [-0.25, -0.2) is 4.79 Å². The third-order valence-corrected chi connectivity index (χ3v) is 16.4. The number of aliphatic hydroxyl groups is 4. The van der Waals surface area contributed by atoms with E-state index in [9.17, 15) is 30.0 Å². The van der Waals surface area contributed by atoms with Gasteiger partial charge < -0.3 is 29.9 Å². The predicted octanol–water partition coefficient (Wildman–Crippen LogP) is 6.78. The highest BCUT2D eigenvalue weighted by Crippen LogP contribution is 2.75. The molecule has 4 N–H and O–H groups in total. The Morgan fingerprint density at radius 2 is 1.50 bits per heavy atom. The average Bonchev–Trinajstić information content (AvgIpc) is 3.18. The van der Waals surface area contributed by atoms with Gasteiger partial charge in [0.2, 0.25) is 0 Å². The largest absolute Gasteiger partial charge is 0.465 e. The molecule has 0 saturated heterocycles. The monoisotopic (exact) mass is 700 g/mol. The minimum atomic E-state index is -1.26. The van der Waals surface area contributed by atoms with E-state index in [1.54, 1.807) is 13.0 Å². The van der Waals surface area contributed by atoms with Crippen LogP contribution < -0.4 is 0 Å². The number of ether oxygens (including phenoxy) is 2. The summed E-state index contributed by atoms with van der Waals surface area (Å²) in [7, 11) is 0. The molecule has 13 atom stereocenters. The Hall–Kier alpha value is -1.74. The van der Waals surface area contributed by atoms with Crippen LogP contribution >= 0.6 is 0 Å². The number of carbonyl (C=O) groups is 2. The zero-order chi connectivity index (χ0) is 37.2. The molecule has 5 rings (SSSR count). The number of allylic oxidation sites excluding steroid dienone is 3. The predicted molar refractivity (Wildman–Crippen MR) is 194 cm³/mol. The molecule has 0 aromatic rings. The summed E-state index contributed by atoms with van der Waals surface area (Å²) in [5.41, 5.74) is -2.58. The third kappa shape index (κ3) is 5.67. The lowest BCUT2D eigenvalue weighted by atomic mass is 9.34. The van der Waals surface area contributed by atoms with Crippen molar-refractivity contribution in [2.24, 2.45) is 62.1 Å². The zero-order valence-electron chi connectivity index (χ0n) is 32.6. The summed E-state index contributed by atoms with van der Waals surface area (Å²) in [6, 6.07) is 0. The first-order valence-electron chi connectivity index (χ1n) is 19.6. The number of rotatable bonds is 8. The summed E-state index contributed by atoms with van der Waals surface area (Å²) >= 11 is 0. The molecule has 8 nitrogen and oxygen atoms in total. The molecule has 5 aliphatic carbocycles. The molecule has 5 aliphatic rings. The molecule has 4 fully saturated rings. The van der Waals surface area contributed by atoms with E-state index < -0.39 is 40.7 Å². The summed E-state index contributed by atoms with van der Waals surface area (Å²) < 4.78 is 11.9. The molecule has 0 amide bonds. The van der Waals surface area contributed by atoms with Crippen molar-refractivity contribution in [1.82, 2.24) is 0 Å². The van der Waals surface area contributed by atoms with Crippen molar-refractivity contribution in [2.45, 2.75) is 151 Å². The summed E-state index contributed by atoms with van der Waals surface area (Å²) in [6.07, 6.45) is 8.94. The van der Waals surface area contributed by atoms with E-state index in [2.05, 4.69) is 39.8 Å². The Morgan fingerprint density at radius 1 is 0.840 bits per heavy atom. The summed E-state index contributed by atoms with van der Waals surface area (Å²) in [5, 5.41) is 47.7. The van der Waals surface area contributed by atoms with Gasteiger partial charge in [0.25, 0.3) is 0 Å². The molecule has 4 saturated carbocycles. The van der Waals surface area contributed by atoms with Gasteiger partial charge in [-0.2, -0.15) is 0 Å². The lowest BCUT2D eigenvalue weighted by molar-refractivity contribution is -0.289. The highest BCUT2D eigenvalue weighted by Gasteiger charge is 2.73. The van der Waals surface area contributed by atoms with E-state index in [1.165, 1.54) is 0 Å². The Balaban J connectivity index is 1.54. The SMILES string of the molecule is C/C=C(\C)C(=O)OC[C@]1(C)C2CC[C@]3(C)C(CC=CC4C5CC(C)(C)[C@@H](O)[C@H](O)[C@]5(COC(=O)C(CC)CC)[C@H](O)C[C@]43C)[C@@]2(C)CC[C@@H]1O. The van der Waals surface area contributed by atoms with E-state index in [0.29, 0.717) is 37.7 Å². The zero-order valence-corrected chi connectivity index (χ0v) is 32.6. The highest BCUT2D eigenvalue weighted by molar-refractivity contribution is 5.87. The minimum absolute atomic E-state index is 0.0281. The number of carbonyl (C=O) groups excluding carboxylic acids is 2. The van der Waals surface area contributed by atoms with Gasteiger partial charge in [0.15, 0.2) is 0 Å². The van der Waals surface area contributed by atoms with Gasteiger partial charge in [-0.1, -0.05) is 73.6 Å². The minimum Gasteiger partial charge on any atom is -0.465 e. The lowest BCUT2D eigenvalue weighted by Gasteiger charge is -2.71. The molecule has 0 bridgehead atoms. The van der Waals surface area contributed by atoms with Crippen LogP contribution in [0.2, 0.25) is 0 Å². The number of aliphatic hydroxyl groups excluding tert-OH is 4. The Bertz CT molecular complexity index is 1350. The lowest BCUT2D eigenvalue weighted by Crippen LogP contribution is -2.72. The molecule has 284 valence electrons. The molecular formula is C42H68O8. The van der Waals surface area contributed by atoms with Gasteiger partial charge in [0.05, 0.1) is 42.4 Å². The van der Waals surface area contributed by atoms with Crippen molar-refractivity contribution in [2.75, 3.05) is 13.2 Å². The van der Waals surface area contributed by atoms with E-state index >= 15 is 0 Å². The number of fused-ring (bicyclic) bond motifs is 7. The molecular weight excluding hydrogens is 632 g/mol. The van der Waals surface area contributed by atoms with Crippen LogP contribution in [0.25, 0.3) is 0 Å². The fraction of sp³-hybridized carbons (Fsp3) is 0.857. The quantitative estimate of drug-likeness (QED) is 0.124. The second-order valence-electron chi connectivity index (χ2n) is 18.9. The van der Waals surface area contributed by atoms with Crippen LogP contribution in [-0.4, -0.2) is 70.0 Å². The molecule has 8 heteroatoms. The van der Waals surface area contributed by atoms with Crippen LogP contribution in [0.4, 0.5) is 0 Å². The van der Waals surface area contributed by atoms with Gasteiger partial charge in [0.1, 0.15) is 6.61 Å². The topological polar surface area (TPSA) is 134 Å². The summed E-state index contributed by atoms with van der Waals surface area (Å²) in [5.74, 6) is -0.787. The van der Waals surface area contributed by atoms with E-state index in [1.807, 2.05) is 34.6 Å². The molecule has 0 aromatic carbocycles. The second kappa shape index (κ2) is 13.6. The smallest absolute Gasteiger partial charge is 0.333 e. The molecule has 0 heterocycles. The first-order valence-corrected chi connectivity index (χ1v) is 19.6. The van der Waals surface area contributed by atoms with Gasteiger partial charge in [-0.3, -0.25) is 4.79 Å². The van der Waals surface area contributed by atoms with Crippen LogP contribution in [0.5, 0.6) is 0 Å². The first kappa shape index (κ1) is 39.5. The Kier molecular flexibility index (Phi) is 10.7. The van der Waals surface area contributed by atoms with Crippen molar-refractivity contribution >= 4 is 11.9 Å². The van der Waals surface area contributed by atoms with Crippen LogP contribution in [0.1, 0.15) is 127 Å². The maximum absolute atomic E-state index is 13.2. The highest BCUT2D eigenvalue weighted by atomic mass is 16.5. The van der Waals surface area contributed by atoms with Crippen molar-refractivity contribution in [1.29, 1.82) is 0 Å². The van der Waals surface area contributed by atoms with Gasteiger partial charge in [0, 0.05) is 11.0 Å². The maximum atomic E-state index is 13.2. The van der Waals surface area contributed by atoms with Crippen LogP contribution in [0.15, 0.2) is 23.8 Å². The Labute approximate surface area is 301 Å². The number of hydrogen-bond acceptors (Lipinski definition) is 8. The number of esters is 2. The standard InChI is InChI=1S/C42H68O8/c1-11-25(4)35(47)49-23-39(8)29-17-20-40(9)30(38(29,7)19-18-31(39)43)16-14-15-27-28-21-37(5,6)33(45)34(46)42(28,32(44)22-41(27,40)10)24-50-36(48)26(12-2)13-3/h11,14-15,26-34,43-46H,12-13,16-24H2,1-10H3/b25-11+/t27?,28?,29?,30?,31-,32+,33-,34-,38-,39+,40+,41+,42-/m0/s1. The van der Waals surface area contributed by atoms with Gasteiger partial charge >= 0.3 is 11.9 Å². The van der Waals surface area contributed by atoms with Crippen LogP contribution in [0.3, 0.4) is 0 Å². The summed E-state index contributed by atoms with van der Waals surface area (Å²) in [4.78, 5) is 26.0. The van der Waals surface area contributed by atoms with E-state index in [0.717, 1.165) is 25.7 Å². The molecule has 0 aliphatic heterocycles. The van der Waals surface area contributed by atoms with Crippen molar-refractivity contribution in [3.63, 3.8) is 0 Å². The van der Waals surface area contributed by atoms with E-state index in [4.69, 9.17) is 9.47 Å². The third-order valence-electron chi connectivity index (χ3n) is 16.4. The van der Waals surface area contributed by atoms with Crippen LogP contribution in [-0.2, 0) is 19.1 Å². The second-order valence-corrected chi connectivity index (χ2v) is 18.9.